The molecule has 6 heteroatoms. The molecule has 0 aliphatic heterocycles. The lowest BCUT2D eigenvalue weighted by Crippen LogP contribution is -2.27. The largest absolute Gasteiger partial charge is 0.493 e. The number of ether oxygens (including phenoxy) is 2. The number of hydrogen-bond donors (Lipinski definition) is 2. The molecule has 0 spiro atoms. The molecule has 0 atom stereocenters. The fourth-order valence-electron chi connectivity index (χ4n) is 2.57. The predicted molar refractivity (Wildman–Crippen MR) is 100 cm³/mol. The van der Waals surface area contributed by atoms with E-state index in [0.717, 1.165) is 17.2 Å². The average molecular weight is 342 g/mol. The molecule has 1 aromatic heterocycles. The van der Waals surface area contributed by atoms with E-state index in [4.69, 9.17) is 9.47 Å². The van der Waals surface area contributed by atoms with Crippen molar-refractivity contribution in [2.75, 3.05) is 24.9 Å². The molecule has 3 rings (SSSR count). The zero-order valence-electron chi connectivity index (χ0n) is 15.5. The van der Waals surface area contributed by atoms with Crippen molar-refractivity contribution in [3.05, 3.63) is 30.0 Å². The molecule has 134 valence electrons. The average Bonchev–Trinajstić information content (AvgIpc) is 3.37. The first-order chi connectivity index (χ1) is 11.9. The maximum absolute atomic E-state index is 5.37. The second kappa shape index (κ2) is 6.78. The number of rotatable bonds is 6. The second-order valence-corrected chi connectivity index (χ2v) is 7.35. The molecule has 1 aliphatic carbocycles. The van der Waals surface area contributed by atoms with Crippen LogP contribution in [0.1, 0.15) is 45.2 Å². The number of nitrogens with zero attached hydrogens (tertiary/aromatic N) is 2. The number of benzene rings is 1. The summed E-state index contributed by atoms with van der Waals surface area (Å²) in [6.07, 6.45) is 2.39. The minimum absolute atomic E-state index is 0.0945. The highest BCUT2D eigenvalue weighted by atomic mass is 16.5. The lowest BCUT2D eigenvalue weighted by Gasteiger charge is -2.21. The van der Waals surface area contributed by atoms with Crippen molar-refractivity contribution < 1.29 is 9.47 Å². The first-order valence-corrected chi connectivity index (χ1v) is 8.54. The van der Waals surface area contributed by atoms with Gasteiger partial charge in [-0.25, -0.2) is 4.98 Å². The van der Waals surface area contributed by atoms with E-state index in [1.165, 1.54) is 12.8 Å². The van der Waals surface area contributed by atoms with Crippen molar-refractivity contribution in [2.24, 2.45) is 0 Å². The van der Waals surface area contributed by atoms with E-state index in [9.17, 15) is 0 Å². The van der Waals surface area contributed by atoms with Gasteiger partial charge in [0.1, 0.15) is 5.82 Å². The quantitative estimate of drug-likeness (QED) is 0.814. The Balaban J connectivity index is 1.88. The summed E-state index contributed by atoms with van der Waals surface area (Å²) in [5.41, 5.74) is 1.88. The van der Waals surface area contributed by atoms with Gasteiger partial charge in [0.05, 0.1) is 19.9 Å². The third kappa shape index (κ3) is 4.53. The standard InChI is InChI=1S/C19H26N4O2/c1-19(2,3)23-18-21-14(12-6-7-12)11-17(22-18)20-13-8-9-15(24-4)16(10-13)25-5/h8-12H,6-7H2,1-5H3,(H2,20,21,22,23). The maximum Gasteiger partial charge on any atom is 0.225 e. The van der Waals surface area contributed by atoms with E-state index in [2.05, 4.69) is 41.4 Å². The van der Waals surface area contributed by atoms with Gasteiger partial charge in [-0.3, -0.25) is 0 Å². The summed E-state index contributed by atoms with van der Waals surface area (Å²) in [6, 6.07) is 7.74. The van der Waals surface area contributed by atoms with Gasteiger partial charge in [0.15, 0.2) is 11.5 Å². The molecule has 2 aromatic rings. The highest BCUT2D eigenvalue weighted by Gasteiger charge is 2.26. The Kier molecular flexibility index (Phi) is 4.70. The van der Waals surface area contributed by atoms with Crippen LogP contribution in [-0.2, 0) is 0 Å². The minimum Gasteiger partial charge on any atom is -0.493 e. The van der Waals surface area contributed by atoms with Crippen molar-refractivity contribution in [3.63, 3.8) is 0 Å². The van der Waals surface area contributed by atoms with Crippen LogP contribution >= 0.6 is 0 Å². The molecular formula is C19H26N4O2. The van der Waals surface area contributed by atoms with E-state index < -0.39 is 0 Å². The van der Waals surface area contributed by atoms with Gasteiger partial charge >= 0.3 is 0 Å². The van der Waals surface area contributed by atoms with Crippen LogP contribution in [0.5, 0.6) is 11.5 Å². The zero-order valence-corrected chi connectivity index (χ0v) is 15.5. The van der Waals surface area contributed by atoms with Gasteiger partial charge < -0.3 is 20.1 Å². The fourth-order valence-corrected chi connectivity index (χ4v) is 2.57. The second-order valence-electron chi connectivity index (χ2n) is 7.35. The Labute approximate surface area is 149 Å². The third-order valence-corrected chi connectivity index (χ3v) is 3.88. The molecule has 0 radical (unpaired) electrons. The number of hydrogen-bond acceptors (Lipinski definition) is 6. The molecule has 6 nitrogen and oxygen atoms in total. The van der Waals surface area contributed by atoms with Gasteiger partial charge in [-0.05, 0) is 45.7 Å². The van der Waals surface area contributed by atoms with Crippen LogP contribution in [0.15, 0.2) is 24.3 Å². The fraction of sp³-hybridized carbons (Fsp3) is 0.474. The van der Waals surface area contributed by atoms with Crippen LogP contribution in [-0.4, -0.2) is 29.7 Å². The van der Waals surface area contributed by atoms with Crippen molar-refractivity contribution >= 4 is 17.5 Å². The monoisotopic (exact) mass is 342 g/mol. The molecule has 1 fully saturated rings. The van der Waals surface area contributed by atoms with Crippen LogP contribution < -0.4 is 20.1 Å². The highest BCUT2D eigenvalue weighted by molar-refractivity contribution is 5.62. The van der Waals surface area contributed by atoms with Gasteiger partial charge in [-0.1, -0.05) is 0 Å². The number of nitrogens with one attached hydrogen (secondary N) is 2. The van der Waals surface area contributed by atoms with Gasteiger partial charge in [-0.2, -0.15) is 4.98 Å². The first kappa shape index (κ1) is 17.3. The Morgan fingerprint density at radius 2 is 1.72 bits per heavy atom. The highest BCUT2D eigenvalue weighted by Crippen LogP contribution is 2.40. The Morgan fingerprint density at radius 3 is 2.32 bits per heavy atom. The van der Waals surface area contributed by atoms with E-state index in [1.807, 2.05) is 24.3 Å². The summed E-state index contributed by atoms with van der Waals surface area (Å²) in [6.45, 7) is 6.30. The van der Waals surface area contributed by atoms with E-state index in [0.29, 0.717) is 23.4 Å². The van der Waals surface area contributed by atoms with Crippen LogP contribution in [0.3, 0.4) is 0 Å². The molecular weight excluding hydrogens is 316 g/mol. The molecule has 1 saturated carbocycles. The van der Waals surface area contributed by atoms with E-state index in [-0.39, 0.29) is 5.54 Å². The van der Waals surface area contributed by atoms with Crippen LogP contribution in [0, 0.1) is 0 Å². The number of aromatic nitrogens is 2. The van der Waals surface area contributed by atoms with Gasteiger partial charge in [0, 0.05) is 29.3 Å². The lowest BCUT2D eigenvalue weighted by atomic mass is 10.1. The van der Waals surface area contributed by atoms with Gasteiger partial charge in [0.25, 0.3) is 0 Å². The molecule has 0 unspecified atom stereocenters. The van der Waals surface area contributed by atoms with Crippen LogP contribution in [0.25, 0.3) is 0 Å². The molecule has 1 heterocycles. The zero-order chi connectivity index (χ0) is 18.0. The van der Waals surface area contributed by atoms with Crippen molar-refractivity contribution in [3.8, 4) is 11.5 Å². The molecule has 2 N–H and O–H groups in total. The summed E-state index contributed by atoms with van der Waals surface area (Å²) in [5.74, 6) is 3.35. The van der Waals surface area contributed by atoms with Crippen LogP contribution in [0.2, 0.25) is 0 Å². The molecule has 0 bridgehead atoms. The summed E-state index contributed by atoms with van der Waals surface area (Å²) in [5, 5.41) is 6.72. The summed E-state index contributed by atoms with van der Waals surface area (Å²) < 4.78 is 10.7. The molecule has 25 heavy (non-hydrogen) atoms. The van der Waals surface area contributed by atoms with Crippen molar-refractivity contribution in [2.45, 2.75) is 45.1 Å². The topological polar surface area (TPSA) is 68.3 Å². The maximum atomic E-state index is 5.37. The van der Waals surface area contributed by atoms with Crippen molar-refractivity contribution in [1.29, 1.82) is 0 Å². The molecule has 1 aliphatic rings. The number of anilines is 3. The minimum atomic E-state index is -0.0945. The number of methoxy groups -OCH3 is 2. The van der Waals surface area contributed by atoms with Gasteiger partial charge in [0.2, 0.25) is 5.95 Å². The van der Waals surface area contributed by atoms with Crippen LogP contribution in [0.4, 0.5) is 17.5 Å². The summed E-state index contributed by atoms with van der Waals surface area (Å²) >= 11 is 0. The third-order valence-electron chi connectivity index (χ3n) is 3.88. The van der Waals surface area contributed by atoms with E-state index >= 15 is 0 Å². The smallest absolute Gasteiger partial charge is 0.225 e. The Hall–Kier alpha value is -2.50. The SMILES string of the molecule is COc1ccc(Nc2cc(C3CC3)nc(NC(C)(C)C)n2)cc1OC. The summed E-state index contributed by atoms with van der Waals surface area (Å²) in [4.78, 5) is 9.29. The van der Waals surface area contributed by atoms with Crippen molar-refractivity contribution in [1.82, 2.24) is 9.97 Å². The molecule has 0 saturated heterocycles. The Morgan fingerprint density at radius 1 is 1.00 bits per heavy atom. The van der Waals surface area contributed by atoms with E-state index in [1.54, 1.807) is 14.2 Å². The predicted octanol–water partition coefficient (Wildman–Crippen LogP) is 4.33. The Bertz CT molecular complexity index is 752. The lowest BCUT2D eigenvalue weighted by molar-refractivity contribution is 0.355. The normalized spacial score (nSPS) is 14.1. The summed E-state index contributed by atoms with van der Waals surface area (Å²) in [7, 11) is 3.25. The molecule has 0 amide bonds. The first-order valence-electron chi connectivity index (χ1n) is 8.54. The molecule has 1 aromatic carbocycles. The van der Waals surface area contributed by atoms with Gasteiger partial charge in [-0.15, -0.1) is 0 Å².